The van der Waals surface area contributed by atoms with E-state index in [0.717, 1.165) is 15.4 Å². The highest BCUT2D eigenvalue weighted by molar-refractivity contribution is 7.92. The van der Waals surface area contributed by atoms with Crippen molar-refractivity contribution in [3.8, 4) is 17.2 Å². The van der Waals surface area contributed by atoms with E-state index in [1.165, 1.54) is 25.5 Å². The van der Waals surface area contributed by atoms with E-state index in [4.69, 9.17) is 25.8 Å². The van der Waals surface area contributed by atoms with Crippen molar-refractivity contribution in [1.82, 2.24) is 5.43 Å². The third kappa shape index (κ3) is 8.27. The van der Waals surface area contributed by atoms with Crippen LogP contribution in [0.1, 0.15) is 23.6 Å². The van der Waals surface area contributed by atoms with Crippen LogP contribution in [0.5, 0.6) is 17.2 Å². The van der Waals surface area contributed by atoms with E-state index >= 15 is 0 Å². The summed E-state index contributed by atoms with van der Waals surface area (Å²) in [6.07, 6.45) is 1.43. The Morgan fingerprint density at radius 3 is 2.42 bits per heavy atom. The monoisotopic (exact) mass is 621 g/mol. The molecule has 0 aliphatic rings. The van der Waals surface area contributed by atoms with Crippen LogP contribution in [-0.4, -0.2) is 40.8 Å². The predicted molar refractivity (Wildman–Crippen MR) is 168 cm³/mol. The van der Waals surface area contributed by atoms with E-state index in [0.29, 0.717) is 41.0 Å². The van der Waals surface area contributed by atoms with Gasteiger partial charge in [0, 0.05) is 5.02 Å². The molecule has 0 unspecified atom stereocenters. The zero-order valence-electron chi connectivity index (χ0n) is 24.0. The average Bonchev–Trinajstić information content (AvgIpc) is 3.00. The van der Waals surface area contributed by atoms with Gasteiger partial charge in [-0.1, -0.05) is 53.6 Å². The molecule has 0 aliphatic carbocycles. The molecule has 0 radical (unpaired) electrons. The first-order valence-electron chi connectivity index (χ1n) is 13.4. The third-order valence-electron chi connectivity index (χ3n) is 6.20. The van der Waals surface area contributed by atoms with Crippen molar-refractivity contribution in [3.05, 3.63) is 113 Å². The first-order chi connectivity index (χ1) is 20.7. The summed E-state index contributed by atoms with van der Waals surface area (Å²) >= 11 is 6.06. The highest BCUT2D eigenvalue weighted by atomic mass is 35.5. The van der Waals surface area contributed by atoms with Crippen LogP contribution in [0, 0.1) is 6.92 Å². The van der Waals surface area contributed by atoms with E-state index in [1.807, 2.05) is 32.0 Å². The Morgan fingerprint density at radius 2 is 1.70 bits per heavy atom. The first kappa shape index (κ1) is 31.4. The van der Waals surface area contributed by atoms with Crippen LogP contribution in [0.15, 0.2) is 101 Å². The predicted octanol–water partition coefficient (Wildman–Crippen LogP) is 5.98. The number of halogens is 1. The molecule has 0 saturated carbocycles. The largest absolute Gasteiger partial charge is 0.495 e. The van der Waals surface area contributed by atoms with Gasteiger partial charge in [-0.05, 0) is 79.6 Å². The maximum Gasteiger partial charge on any atom is 0.264 e. The van der Waals surface area contributed by atoms with E-state index in [9.17, 15) is 13.2 Å². The number of hydrogen-bond donors (Lipinski definition) is 1. The van der Waals surface area contributed by atoms with E-state index < -0.39 is 22.5 Å². The van der Waals surface area contributed by atoms with E-state index in [-0.39, 0.29) is 10.6 Å². The smallest absolute Gasteiger partial charge is 0.264 e. The van der Waals surface area contributed by atoms with Gasteiger partial charge in [0.15, 0.2) is 11.5 Å². The molecule has 9 nitrogen and oxygen atoms in total. The Balaban J connectivity index is 1.49. The minimum Gasteiger partial charge on any atom is -0.495 e. The van der Waals surface area contributed by atoms with Crippen molar-refractivity contribution in [2.24, 2.45) is 5.10 Å². The maximum absolute atomic E-state index is 13.7. The molecule has 0 saturated heterocycles. The zero-order valence-corrected chi connectivity index (χ0v) is 25.6. The fourth-order valence-electron chi connectivity index (χ4n) is 4.10. The van der Waals surface area contributed by atoms with Crippen LogP contribution >= 0.6 is 11.6 Å². The summed E-state index contributed by atoms with van der Waals surface area (Å²) in [6.45, 7) is 3.91. The number of nitrogens with zero attached hydrogens (tertiary/aromatic N) is 2. The number of carbonyl (C=O) groups excluding carboxylic acids is 1. The number of sulfonamides is 1. The van der Waals surface area contributed by atoms with Crippen LogP contribution in [-0.2, 0) is 21.4 Å². The molecule has 0 aliphatic heterocycles. The minimum atomic E-state index is -4.12. The molecule has 0 heterocycles. The van der Waals surface area contributed by atoms with Gasteiger partial charge in [-0.25, -0.2) is 13.8 Å². The SMILES string of the molecule is CCOc1cc(/C=N\NC(=O)CN(c2ccccc2OC)S(=O)(=O)c2ccc(C)cc2)ccc1OCc1cccc(Cl)c1. The van der Waals surface area contributed by atoms with Crippen molar-refractivity contribution in [2.75, 3.05) is 24.6 Å². The summed E-state index contributed by atoms with van der Waals surface area (Å²) < 4.78 is 45.4. The number of hydrazone groups is 1. The molecule has 1 N–H and O–H groups in total. The number of para-hydroxylation sites is 2. The molecule has 0 bridgehead atoms. The molecule has 224 valence electrons. The molecule has 0 spiro atoms. The number of benzene rings is 4. The zero-order chi connectivity index (χ0) is 30.8. The normalized spacial score (nSPS) is 11.3. The highest BCUT2D eigenvalue weighted by Crippen LogP contribution is 2.32. The summed E-state index contributed by atoms with van der Waals surface area (Å²) in [6, 6.07) is 25.6. The highest BCUT2D eigenvalue weighted by Gasteiger charge is 2.29. The second-order valence-corrected chi connectivity index (χ2v) is 11.6. The van der Waals surface area contributed by atoms with Crippen molar-refractivity contribution >= 4 is 39.4 Å². The maximum atomic E-state index is 13.7. The van der Waals surface area contributed by atoms with E-state index in [1.54, 1.807) is 60.7 Å². The Bertz CT molecular complexity index is 1690. The van der Waals surface area contributed by atoms with Crippen molar-refractivity contribution < 1.29 is 27.4 Å². The quantitative estimate of drug-likeness (QED) is 0.145. The number of ether oxygens (including phenoxy) is 3. The Labute approximate surface area is 256 Å². The van der Waals surface area contributed by atoms with Crippen molar-refractivity contribution in [3.63, 3.8) is 0 Å². The van der Waals surface area contributed by atoms with E-state index in [2.05, 4.69) is 10.5 Å². The van der Waals surface area contributed by atoms with Crippen LogP contribution < -0.4 is 23.9 Å². The van der Waals surface area contributed by atoms with Gasteiger partial charge in [0.05, 0.1) is 30.5 Å². The third-order valence-corrected chi connectivity index (χ3v) is 8.21. The first-order valence-corrected chi connectivity index (χ1v) is 15.2. The molecule has 4 aromatic rings. The van der Waals surface area contributed by atoms with Gasteiger partial charge in [0.2, 0.25) is 0 Å². The molecule has 0 aromatic heterocycles. The summed E-state index contributed by atoms with van der Waals surface area (Å²) in [4.78, 5) is 13.0. The van der Waals surface area contributed by atoms with Gasteiger partial charge >= 0.3 is 0 Å². The van der Waals surface area contributed by atoms with Gasteiger partial charge in [-0.2, -0.15) is 5.10 Å². The van der Waals surface area contributed by atoms with Crippen LogP contribution in [0.25, 0.3) is 0 Å². The second-order valence-electron chi connectivity index (χ2n) is 9.35. The Hall–Kier alpha value is -4.54. The topological polar surface area (TPSA) is 107 Å². The van der Waals surface area contributed by atoms with Gasteiger partial charge in [-0.3, -0.25) is 9.10 Å². The number of rotatable bonds is 13. The molecule has 4 aromatic carbocycles. The number of methoxy groups -OCH3 is 1. The summed E-state index contributed by atoms with van der Waals surface area (Å²) in [5, 5.41) is 4.67. The molecular weight excluding hydrogens is 590 g/mol. The van der Waals surface area contributed by atoms with Gasteiger partial charge < -0.3 is 14.2 Å². The summed E-state index contributed by atoms with van der Waals surface area (Å²) in [5.74, 6) is 0.697. The second kappa shape index (κ2) is 14.6. The van der Waals surface area contributed by atoms with Gasteiger partial charge in [-0.15, -0.1) is 0 Å². The lowest BCUT2D eigenvalue weighted by Gasteiger charge is -2.25. The summed E-state index contributed by atoms with van der Waals surface area (Å²) in [7, 11) is -2.68. The van der Waals surface area contributed by atoms with Gasteiger partial charge in [0.1, 0.15) is 18.9 Å². The fourth-order valence-corrected chi connectivity index (χ4v) is 5.74. The fraction of sp³-hybridized carbons (Fsp3) is 0.188. The summed E-state index contributed by atoms with van der Waals surface area (Å²) in [5.41, 5.74) is 5.09. The van der Waals surface area contributed by atoms with Crippen LogP contribution in [0.2, 0.25) is 5.02 Å². The number of amides is 1. The Kier molecular flexibility index (Phi) is 10.6. The van der Waals surface area contributed by atoms with Crippen molar-refractivity contribution in [2.45, 2.75) is 25.3 Å². The number of anilines is 1. The molecule has 4 rings (SSSR count). The lowest BCUT2D eigenvalue weighted by Crippen LogP contribution is -2.39. The standard InChI is InChI=1S/C32H32ClN3O6S/c1-4-41-31-19-24(14-17-30(31)42-22-25-8-7-9-26(33)18-25)20-34-35-32(37)21-36(28-10-5-6-11-29(28)40-3)43(38,39)27-15-12-23(2)13-16-27/h5-20H,4,21-22H2,1-3H3,(H,35,37)/b34-20-. The average molecular weight is 622 g/mol. The lowest BCUT2D eigenvalue weighted by atomic mass is 10.2. The Morgan fingerprint density at radius 1 is 0.930 bits per heavy atom. The number of hydrogen-bond acceptors (Lipinski definition) is 7. The molecular formula is C32H32ClN3O6S. The number of carbonyl (C=O) groups is 1. The lowest BCUT2D eigenvalue weighted by molar-refractivity contribution is -0.119. The molecule has 1 amide bonds. The molecule has 0 atom stereocenters. The van der Waals surface area contributed by atoms with Crippen LogP contribution in [0.4, 0.5) is 5.69 Å². The van der Waals surface area contributed by atoms with Crippen LogP contribution in [0.3, 0.4) is 0 Å². The minimum absolute atomic E-state index is 0.0430. The van der Waals surface area contributed by atoms with Gasteiger partial charge in [0.25, 0.3) is 15.9 Å². The number of aryl methyl sites for hydroxylation is 1. The van der Waals surface area contributed by atoms with Crippen molar-refractivity contribution in [1.29, 1.82) is 0 Å². The number of nitrogens with one attached hydrogen (secondary N) is 1. The molecule has 0 fully saturated rings. The molecule has 11 heteroatoms. The molecule has 43 heavy (non-hydrogen) atoms.